The molecule has 0 aromatic rings. The van der Waals surface area contributed by atoms with E-state index in [0.717, 1.165) is 26.1 Å². The van der Waals surface area contributed by atoms with Crippen molar-refractivity contribution in [1.82, 2.24) is 10.6 Å². The number of piperidine rings is 1. The average Bonchev–Trinajstić information content (AvgIpc) is 3.23. The molecule has 2 saturated heterocycles. The standard InChI is InChI=1S/C18H29N3O2/c1-11(22)13-4-2-3-5-14(13)12-6-15-16(17-9-19-10-23-17)8-21-18(15)20-7-12/h10,12-18,20-21H,2-9H2,1H3. The van der Waals surface area contributed by atoms with Gasteiger partial charge in [-0.25, -0.2) is 0 Å². The normalized spacial score (nSPS) is 46.4. The molecule has 1 saturated carbocycles. The van der Waals surface area contributed by atoms with Gasteiger partial charge in [0.2, 0.25) is 0 Å². The Bertz CT molecular complexity index is 473. The fourth-order valence-electron chi connectivity index (χ4n) is 5.57. The highest BCUT2D eigenvalue weighted by Crippen LogP contribution is 2.43. The zero-order valence-corrected chi connectivity index (χ0v) is 14.0. The van der Waals surface area contributed by atoms with Gasteiger partial charge in [-0.1, -0.05) is 12.8 Å². The van der Waals surface area contributed by atoms with Crippen molar-refractivity contribution in [3.8, 4) is 0 Å². The number of ketones is 1. The van der Waals surface area contributed by atoms with Crippen molar-refractivity contribution in [1.29, 1.82) is 0 Å². The van der Waals surface area contributed by atoms with Gasteiger partial charge in [0, 0.05) is 18.4 Å². The second kappa shape index (κ2) is 6.52. The topological polar surface area (TPSA) is 62.7 Å². The summed E-state index contributed by atoms with van der Waals surface area (Å²) in [4.78, 5) is 16.3. The summed E-state index contributed by atoms with van der Waals surface area (Å²) in [6.07, 6.45) is 8.36. The van der Waals surface area contributed by atoms with Crippen LogP contribution >= 0.6 is 0 Å². The van der Waals surface area contributed by atoms with Crippen LogP contribution in [0.4, 0.5) is 0 Å². The number of hydrogen-bond acceptors (Lipinski definition) is 5. The second-order valence-corrected chi connectivity index (χ2v) is 7.93. The van der Waals surface area contributed by atoms with Crippen molar-refractivity contribution < 1.29 is 9.53 Å². The average molecular weight is 319 g/mol. The summed E-state index contributed by atoms with van der Waals surface area (Å²) in [6.45, 7) is 4.67. The number of ether oxygens (including phenoxy) is 1. The minimum absolute atomic E-state index is 0.244. The molecule has 0 amide bonds. The molecular weight excluding hydrogens is 290 g/mol. The van der Waals surface area contributed by atoms with Crippen molar-refractivity contribution in [3.05, 3.63) is 0 Å². The smallest absolute Gasteiger partial charge is 0.170 e. The first kappa shape index (κ1) is 15.6. The molecule has 0 spiro atoms. The van der Waals surface area contributed by atoms with E-state index in [1.54, 1.807) is 13.3 Å². The molecule has 3 heterocycles. The molecule has 3 aliphatic heterocycles. The zero-order valence-electron chi connectivity index (χ0n) is 14.0. The maximum absolute atomic E-state index is 12.1. The molecule has 0 aromatic heterocycles. The Hall–Kier alpha value is -0.940. The number of nitrogens with zero attached hydrogens (tertiary/aromatic N) is 1. The molecule has 4 aliphatic rings. The number of Topliss-reactive ketones (excluding diaryl/α,β-unsaturated/α-hetero) is 1. The largest absolute Gasteiger partial charge is 0.478 e. The van der Waals surface area contributed by atoms with Crippen LogP contribution in [0.15, 0.2) is 4.99 Å². The highest BCUT2D eigenvalue weighted by molar-refractivity contribution is 5.78. The van der Waals surface area contributed by atoms with Gasteiger partial charge in [0.1, 0.15) is 11.9 Å². The van der Waals surface area contributed by atoms with Crippen LogP contribution in [0.1, 0.15) is 39.0 Å². The lowest BCUT2D eigenvalue weighted by Gasteiger charge is -2.43. The van der Waals surface area contributed by atoms with Crippen molar-refractivity contribution in [2.75, 3.05) is 19.6 Å². The zero-order chi connectivity index (χ0) is 15.8. The van der Waals surface area contributed by atoms with E-state index in [4.69, 9.17) is 4.74 Å². The summed E-state index contributed by atoms with van der Waals surface area (Å²) >= 11 is 0. The minimum atomic E-state index is 0.244. The molecule has 4 rings (SSSR count). The predicted molar refractivity (Wildman–Crippen MR) is 89.2 cm³/mol. The summed E-state index contributed by atoms with van der Waals surface area (Å²) in [5.41, 5.74) is 0. The Morgan fingerprint density at radius 3 is 2.74 bits per heavy atom. The summed E-state index contributed by atoms with van der Waals surface area (Å²) in [6, 6.07) is 0. The van der Waals surface area contributed by atoms with Gasteiger partial charge in [-0.3, -0.25) is 9.79 Å². The van der Waals surface area contributed by atoms with Gasteiger partial charge < -0.3 is 15.4 Å². The molecule has 128 valence electrons. The van der Waals surface area contributed by atoms with Gasteiger partial charge in [0.05, 0.1) is 12.7 Å². The third-order valence-corrected chi connectivity index (χ3v) is 6.75. The Morgan fingerprint density at radius 2 is 1.96 bits per heavy atom. The highest BCUT2D eigenvalue weighted by atomic mass is 16.5. The van der Waals surface area contributed by atoms with Gasteiger partial charge >= 0.3 is 0 Å². The number of carbonyl (C=O) groups is 1. The maximum Gasteiger partial charge on any atom is 0.170 e. The molecule has 3 fully saturated rings. The Morgan fingerprint density at radius 1 is 1.13 bits per heavy atom. The van der Waals surface area contributed by atoms with Gasteiger partial charge in [-0.15, -0.1) is 0 Å². The van der Waals surface area contributed by atoms with E-state index in [2.05, 4.69) is 15.6 Å². The number of aliphatic imine (C=N–C) groups is 1. The van der Waals surface area contributed by atoms with Crippen LogP contribution < -0.4 is 10.6 Å². The third-order valence-electron chi connectivity index (χ3n) is 6.75. The van der Waals surface area contributed by atoms with Crippen molar-refractivity contribution in [2.45, 2.75) is 51.3 Å². The predicted octanol–water partition coefficient (Wildman–Crippen LogP) is 1.58. The molecular formula is C18H29N3O2. The van der Waals surface area contributed by atoms with Crippen molar-refractivity contribution in [3.63, 3.8) is 0 Å². The van der Waals surface area contributed by atoms with Gasteiger partial charge in [0.15, 0.2) is 6.40 Å². The summed E-state index contributed by atoms with van der Waals surface area (Å²) in [5, 5.41) is 7.35. The number of hydrogen-bond donors (Lipinski definition) is 2. The van der Waals surface area contributed by atoms with Crippen LogP contribution in [-0.2, 0) is 9.53 Å². The van der Waals surface area contributed by atoms with Crippen LogP contribution in [-0.4, -0.2) is 44.1 Å². The quantitative estimate of drug-likeness (QED) is 0.829. The first-order valence-corrected chi connectivity index (χ1v) is 9.35. The molecule has 0 bridgehead atoms. The van der Waals surface area contributed by atoms with Crippen molar-refractivity contribution >= 4 is 12.2 Å². The maximum atomic E-state index is 12.1. The first-order valence-electron chi connectivity index (χ1n) is 9.35. The molecule has 0 aromatic carbocycles. The summed E-state index contributed by atoms with van der Waals surface area (Å²) in [7, 11) is 0. The van der Waals surface area contributed by atoms with Crippen LogP contribution in [0.3, 0.4) is 0 Å². The molecule has 5 nitrogen and oxygen atoms in total. The number of fused-ring (bicyclic) bond motifs is 1. The summed E-state index contributed by atoms with van der Waals surface area (Å²) < 4.78 is 5.71. The van der Waals surface area contributed by atoms with E-state index in [-0.39, 0.29) is 6.10 Å². The molecule has 7 unspecified atom stereocenters. The van der Waals surface area contributed by atoms with Gasteiger partial charge in [0.25, 0.3) is 0 Å². The SMILES string of the molecule is CC(=O)C1CCCCC1C1CNC2NCC(C3CN=CO3)C2C1. The van der Waals surface area contributed by atoms with Crippen LogP contribution in [0.5, 0.6) is 0 Å². The van der Waals surface area contributed by atoms with E-state index in [9.17, 15) is 4.79 Å². The Balaban J connectivity index is 1.45. The molecule has 2 N–H and O–H groups in total. The first-order chi connectivity index (χ1) is 11.2. The Kier molecular flexibility index (Phi) is 4.41. The van der Waals surface area contributed by atoms with E-state index in [0.29, 0.717) is 41.5 Å². The summed E-state index contributed by atoms with van der Waals surface area (Å²) in [5.74, 6) is 3.07. The molecule has 23 heavy (non-hydrogen) atoms. The lowest BCUT2D eigenvalue weighted by molar-refractivity contribution is -0.124. The van der Waals surface area contributed by atoms with Crippen molar-refractivity contribution in [2.24, 2.45) is 34.6 Å². The fourth-order valence-corrected chi connectivity index (χ4v) is 5.57. The molecule has 5 heteroatoms. The second-order valence-electron chi connectivity index (χ2n) is 7.93. The van der Waals surface area contributed by atoms with Gasteiger partial charge in [-0.05, 0) is 50.5 Å². The number of carbonyl (C=O) groups excluding carboxylic acids is 1. The monoisotopic (exact) mass is 319 g/mol. The number of rotatable bonds is 3. The van der Waals surface area contributed by atoms with E-state index in [1.807, 2.05) is 0 Å². The highest BCUT2D eigenvalue weighted by Gasteiger charge is 2.47. The fraction of sp³-hybridized carbons (Fsp3) is 0.889. The van der Waals surface area contributed by atoms with E-state index >= 15 is 0 Å². The van der Waals surface area contributed by atoms with E-state index < -0.39 is 0 Å². The lowest BCUT2D eigenvalue weighted by atomic mass is 9.66. The minimum Gasteiger partial charge on any atom is -0.478 e. The Labute approximate surface area is 138 Å². The molecule has 0 radical (unpaired) electrons. The van der Waals surface area contributed by atoms with Crippen LogP contribution in [0, 0.1) is 29.6 Å². The molecule has 1 aliphatic carbocycles. The third kappa shape index (κ3) is 2.93. The van der Waals surface area contributed by atoms with Crippen LogP contribution in [0.2, 0.25) is 0 Å². The van der Waals surface area contributed by atoms with Gasteiger partial charge in [-0.2, -0.15) is 0 Å². The van der Waals surface area contributed by atoms with Crippen LogP contribution in [0.25, 0.3) is 0 Å². The van der Waals surface area contributed by atoms with E-state index in [1.165, 1.54) is 25.7 Å². The number of nitrogens with one attached hydrogen (secondary N) is 2. The molecule has 7 atom stereocenters. The lowest BCUT2D eigenvalue weighted by Crippen LogP contribution is -2.52.